The van der Waals surface area contributed by atoms with Gasteiger partial charge in [-0.2, -0.15) is 0 Å². The number of anilines is 2. The second kappa shape index (κ2) is 11.5. The van der Waals surface area contributed by atoms with Crippen molar-refractivity contribution in [2.45, 2.75) is 25.8 Å². The van der Waals surface area contributed by atoms with Crippen molar-refractivity contribution < 1.29 is 14.3 Å². The summed E-state index contributed by atoms with van der Waals surface area (Å²) in [6, 6.07) is 9.27. The van der Waals surface area contributed by atoms with Gasteiger partial charge in [0.1, 0.15) is 5.82 Å². The van der Waals surface area contributed by atoms with Crippen LogP contribution in [0.3, 0.4) is 0 Å². The van der Waals surface area contributed by atoms with Crippen molar-refractivity contribution in [3.05, 3.63) is 56.7 Å². The molecule has 2 aliphatic rings. The number of piperazine rings is 1. The number of nitrogen functional groups attached to an aromatic ring is 1. The number of nitrogens with two attached hydrogens (primary N) is 1. The van der Waals surface area contributed by atoms with Crippen LogP contribution in [0, 0.1) is 5.92 Å². The van der Waals surface area contributed by atoms with Crippen LogP contribution in [0.15, 0.2) is 39.9 Å². The fraction of sp³-hybridized carbons (Fsp3) is 0.520. The first-order valence-corrected chi connectivity index (χ1v) is 12.4. The van der Waals surface area contributed by atoms with Crippen molar-refractivity contribution in [2.75, 3.05) is 63.6 Å². The largest absolute Gasteiger partial charge is 0.385 e. The lowest BCUT2D eigenvalue weighted by atomic mass is 10.2. The standard InChI is InChI=1S/C25H34N6O5/c1-36-15-5-10-30(20(32)17-28-11-13-29(14-12-28)24(34)19-8-9-19)21-22(26)31(25(35)27-23(21)33)16-18-6-3-2-4-7-18/h2-4,6-7,19H,5,8-17,26H2,1H3,(H,27,33,35). The molecule has 36 heavy (non-hydrogen) atoms. The molecule has 0 unspecified atom stereocenters. The third-order valence-electron chi connectivity index (χ3n) is 6.67. The lowest BCUT2D eigenvalue weighted by Gasteiger charge is -2.35. The van der Waals surface area contributed by atoms with E-state index in [2.05, 4.69) is 4.98 Å². The summed E-state index contributed by atoms with van der Waals surface area (Å²) in [5.41, 5.74) is 5.82. The number of aromatic amines is 1. The number of hydrogen-bond donors (Lipinski definition) is 2. The molecule has 2 amide bonds. The number of carbonyl (C=O) groups excluding carboxylic acids is 2. The van der Waals surface area contributed by atoms with Crippen LogP contribution in [0.2, 0.25) is 0 Å². The second-order valence-corrected chi connectivity index (χ2v) is 9.33. The van der Waals surface area contributed by atoms with Gasteiger partial charge in [0, 0.05) is 52.4 Å². The fourth-order valence-electron chi connectivity index (χ4n) is 4.48. The van der Waals surface area contributed by atoms with Gasteiger partial charge in [-0.1, -0.05) is 30.3 Å². The van der Waals surface area contributed by atoms with Gasteiger partial charge >= 0.3 is 5.69 Å². The molecule has 0 bridgehead atoms. The number of nitrogens with zero attached hydrogens (tertiary/aromatic N) is 4. The van der Waals surface area contributed by atoms with Gasteiger partial charge in [0.15, 0.2) is 5.69 Å². The molecule has 1 aromatic heterocycles. The highest BCUT2D eigenvalue weighted by Gasteiger charge is 2.35. The Kier molecular flexibility index (Phi) is 8.21. The van der Waals surface area contributed by atoms with Crippen LogP contribution in [0.5, 0.6) is 0 Å². The molecule has 1 aliphatic heterocycles. The van der Waals surface area contributed by atoms with E-state index in [-0.39, 0.29) is 48.9 Å². The molecule has 194 valence electrons. The first kappa shape index (κ1) is 25.6. The number of nitrogens with one attached hydrogen (secondary N) is 1. The van der Waals surface area contributed by atoms with Gasteiger partial charge in [-0.05, 0) is 24.8 Å². The maximum Gasteiger partial charge on any atom is 0.330 e. The summed E-state index contributed by atoms with van der Waals surface area (Å²) in [5.74, 6) is 0.0336. The highest BCUT2D eigenvalue weighted by molar-refractivity contribution is 5.96. The third kappa shape index (κ3) is 6.03. The summed E-state index contributed by atoms with van der Waals surface area (Å²) in [7, 11) is 1.57. The Morgan fingerprint density at radius 1 is 1.11 bits per heavy atom. The minimum absolute atomic E-state index is 0.0332. The zero-order valence-corrected chi connectivity index (χ0v) is 20.6. The SMILES string of the molecule is COCCCN(C(=O)CN1CCN(C(=O)C2CC2)CC1)c1c(N)n(Cc2ccccc2)c(=O)[nH]c1=O. The van der Waals surface area contributed by atoms with E-state index in [1.165, 1.54) is 9.47 Å². The van der Waals surface area contributed by atoms with Gasteiger partial charge in [0.25, 0.3) is 5.56 Å². The Labute approximate surface area is 209 Å². The van der Waals surface area contributed by atoms with Gasteiger partial charge in [0.2, 0.25) is 11.8 Å². The van der Waals surface area contributed by atoms with E-state index in [0.29, 0.717) is 39.2 Å². The molecule has 1 saturated carbocycles. The number of ether oxygens (including phenoxy) is 1. The zero-order valence-electron chi connectivity index (χ0n) is 20.6. The van der Waals surface area contributed by atoms with Crippen LogP contribution >= 0.6 is 0 Å². The molecular formula is C25H34N6O5. The van der Waals surface area contributed by atoms with Crippen molar-refractivity contribution in [3.8, 4) is 0 Å². The number of hydrogen-bond acceptors (Lipinski definition) is 7. The Bertz CT molecular complexity index is 1180. The van der Waals surface area contributed by atoms with Crippen LogP contribution in [0.4, 0.5) is 11.5 Å². The van der Waals surface area contributed by atoms with Crippen LogP contribution in [-0.2, 0) is 20.9 Å². The average Bonchev–Trinajstić information content (AvgIpc) is 3.72. The fourth-order valence-corrected chi connectivity index (χ4v) is 4.48. The smallest absolute Gasteiger partial charge is 0.330 e. The number of methoxy groups -OCH3 is 1. The Morgan fingerprint density at radius 2 is 1.81 bits per heavy atom. The molecule has 2 heterocycles. The summed E-state index contributed by atoms with van der Waals surface area (Å²) < 4.78 is 6.41. The summed E-state index contributed by atoms with van der Waals surface area (Å²) >= 11 is 0. The molecule has 0 spiro atoms. The molecule has 2 fully saturated rings. The van der Waals surface area contributed by atoms with E-state index < -0.39 is 11.2 Å². The van der Waals surface area contributed by atoms with Gasteiger partial charge in [-0.25, -0.2) is 4.79 Å². The maximum absolute atomic E-state index is 13.5. The Balaban J connectivity index is 1.53. The molecule has 4 rings (SSSR count). The van der Waals surface area contributed by atoms with Gasteiger partial charge in [-0.15, -0.1) is 0 Å². The third-order valence-corrected chi connectivity index (χ3v) is 6.67. The molecule has 3 N–H and O–H groups in total. The second-order valence-electron chi connectivity index (χ2n) is 9.33. The molecule has 2 aromatic rings. The van der Waals surface area contributed by atoms with Crippen LogP contribution in [-0.4, -0.2) is 84.2 Å². The van der Waals surface area contributed by atoms with Crippen molar-refractivity contribution >= 4 is 23.3 Å². The topological polar surface area (TPSA) is 134 Å². The van der Waals surface area contributed by atoms with Gasteiger partial charge in [0.05, 0.1) is 13.1 Å². The predicted octanol–water partition coefficient (Wildman–Crippen LogP) is 0.0908. The maximum atomic E-state index is 13.5. The van der Waals surface area contributed by atoms with Gasteiger partial charge in [-0.3, -0.25) is 28.8 Å². The Morgan fingerprint density at radius 3 is 2.44 bits per heavy atom. The molecular weight excluding hydrogens is 464 g/mol. The molecule has 11 heteroatoms. The van der Waals surface area contributed by atoms with E-state index in [9.17, 15) is 19.2 Å². The van der Waals surface area contributed by atoms with Crippen molar-refractivity contribution in [2.24, 2.45) is 5.92 Å². The molecule has 0 radical (unpaired) electrons. The highest BCUT2D eigenvalue weighted by atomic mass is 16.5. The number of benzene rings is 1. The van der Waals surface area contributed by atoms with Crippen LogP contribution in [0.1, 0.15) is 24.8 Å². The van der Waals surface area contributed by atoms with Crippen molar-refractivity contribution in [1.29, 1.82) is 0 Å². The monoisotopic (exact) mass is 498 g/mol. The van der Waals surface area contributed by atoms with E-state index in [4.69, 9.17) is 10.5 Å². The Hall–Kier alpha value is -3.44. The quantitative estimate of drug-likeness (QED) is 0.444. The van der Waals surface area contributed by atoms with Crippen molar-refractivity contribution in [3.63, 3.8) is 0 Å². The van der Waals surface area contributed by atoms with Crippen molar-refractivity contribution in [1.82, 2.24) is 19.4 Å². The minimum atomic E-state index is -0.701. The molecule has 11 nitrogen and oxygen atoms in total. The number of H-pyrrole nitrogens is 1. The van der Waals surface area contributed by atoms with E-state index in [0.717, 1.165) is 18.4 Å². The lowest BCUT2D eigenvalue weighted by Crippen LogP contribution is -2.52. The molecule has 0 atom stereocenters. The van der Waals surface area contributed by atoms with E-state index in [1.807, 2.05) is 40.1 Å². The first-order valence-electron chi connectivity index (χ1n) is 12.4. The predicted molar refractivity (Wildman–Crippen MR) is 136 cm³/mol. The summed E-state index contributed by atoms with van der Waals surface area (Å²) in [4.78, 5) is 58.8. The van der Waals surface area contributed by atoms with Crippen LogP contribution in [0.25, 0.3) is 0 Å². The molecule has 1 aromatic carbocycles. The summed E-state index contributed by atoms with van der Waals surface area (Å²) in [6.45, 7) is 3.16. The van der Waals surface area contributed by atoms with Crippen LogP contribution < -0.4 is 21.9 Å². The molecule has 1 aliphatic carbocycles. The van der Waals surface area contributed by atoms with E-state index >= 15 is 0 Å². The number of aromatic nitrogens is 2. The lowest BCUT2D eigenvalue weighted by molar-refractivity contribution is -0.134. The van der Waals surface area contributed by atoms with Gasteiger partial charge < -0.3 is 20.3 Å². The van der Waals surface area contributed by atoms with E-state index in [1.54, 1.807) is 7.11 Å². The zero-order chi connectivity index (χ0) is 25.7. The highest BCUT2D eigenvalue weighted by Crippen LogP contribution is 2.31. The first-order chi connectivity index (χ1) is 17.4. The minimum Gasteiger partial charge on any atom is -0.385 e. The normalized spacial score (nSPS) is 16.2. The summed E-state index contributed by atoms with van der Waals surface area (Å²) in [5, 5.41) is 0. The number of carbonyl (C=O) groups is 2. The average molecular weight is 499 g/mol. The summed E-state index contributed by atoms with van der Waals surface area (Å²) in [6.07, 6.45) is 2.43. The molecule has 1 saturated heterocycles. The number of amides is 2. The number of rotatable bonds is 10.